The summed E-state index contributed by atoms with van der Waals surface area (Å²) in [6, 6.07) is 21.2. The molecule has 0 aliphatic heterocycles. The third-order valence-electron chi connectivity index (χ3n) is 5.72. The van der Waals surface area contributed by atoms with Gasteiger partial charge in [0.1, 0.15) is 16.9 Å². The number of rotatable bonds is 3. The first-order valence-electron chi connectivity index (χ1n) is 10.9. The highest BCUT2D eigenvalue weighted by atomic mass is 35.5. The maximum Gasteiger partial charge on any atom is 0.291 e. The van der Waals surface area contributed by atoms with Gasteiger partial charge in [0.25, 0.3) is 5.91 Å². The largest absolute Gasteiger partial charge is 0.456 e. The van der Waals surface area contributed by atoms with Crippen molar-refractivity contribution in [3.8, 4) is 11.3 Å². The Labute approximate surface area is 201 Å². The lowest BCUT2D eigenvalue weighted by atomic mass is 9.86. The van der Waals surface area contributed by atoms with Crippen LogP contribution in [0.4, 0.5) is 5.69 Å². The average Bonchev–Trinajstić information content (AvgIpc) is 3.22. The van der Waals surface area contributed by atoms with Gasteiger partial charge in [-0.15, -0.1) is 0 Å². The molecule has 0 spiro atoms. The molecule has 0 bridgehead atoms. The summed E-state index contributed by atoms with van der Waals surface area (Å²) in [4.78, 5) is 25.5. The fraction of sp³-hybridized carbons (Fsp3) is 0.143. The number of nitrogens with one attached hydrogen (secondary N) is 1. The second kappa shape index (κ2) is 8.19. The minimum absolute atomic E-state index is 0.0297. The molecule has 5 aromatic rings. The van der Waals surface area contributed by atoms with E-state index in [-0.39, 0.29) is 16.6 Å². The van der Waals surface area contributed by atoms with Crippen molar-refractivity contribution in [3.05, 3.63) is 99.4 Å². The van der Waals surface area contributed by atoms with Crippen molar-refractivity contribution in [2.75, 3.05) is 5.32 Å². The lowest BCUT2D eigenvalue weighted by Gasteiger charge is -2.19. The van der Waals surface area contributed by atoms with E-state index >= 15 is 0 Å². The van der Waals surface area contributed by atoms with E-state index in [1.54, 1.807) is 42.5 Å². The van der Waals surface area contributed by atoms with E-state index < -0.39 is 5.91 Å². The topological polar surface area (TPSA) is 72.5 Å². The smallest absolute Gasteiger partial charge is 0.291 e. The number of hydrogen-bond donors (Lipinski definition) is 1. The van der Waals surface area contributed by atoms with Gasteiger partial charge in [-0.1, -0.05) is 56.6 Å². The molecule has 34 heavy (non-hydrogen) atoms. The monoisotopic (exact) mass is 471 g/mol. The van der Waals surface area contributed by atoms with E-state index in [4.69, 9.17) is 20.4 Å². The number of benzene rings is 3. The Morgan fingerprint density at radius 2 is 1.62 bits per heavy atom. The van der Waals surface area contributed by atoms with Crippen molar-refractivity contribution in [1.82, 2.24) is 0 Å². The minimum Gasteiger partial charge on any atom is -0.456 e. The van der Waals surface area contributed by atoms with E-state index in [0.717, 1.165) is 10.9 Å². The van der Waals surface area contributed by atoms with Gasteiger partial charge in [-0.25, -0.2) is 0 Å². The molecule has 3 aromatic carbocycles. The highest BCUT2D eigenvalue weighted by molar-refractivity contribution is 6.31. The van der Waals surface area contributed by atoms with Crippen molar-refractivity contribution in [3.63, 3.8) is 0 Å². The van der Waals surface area contributed by atoms with Gasteiger partial charge in [0.05, 0.1) is 5.39 Å². The Balaban J connectivity index is 1.46. The number of hydrogen-bond acceptors (Lipinski definition) is 4. The quantitative estimate of drug-likeness (QED) is 0.297. The molecule has 1 N–H and O–H groups in total. The molecule has 2 heterocycles. The van der Waals surface area contributed by atoms with E-state index in [0.29, 0.717) is 33.0 Å². The third kappa shape index (κ3) is 4.22. The molecule has 0 aliphatic carbocycles. The lowest BCUT2D eigenvalue weighted by molar-refractivity contribution is 0.0998. The molecular formula is C28H22ClNO4. The summed E-state index contributed by atoms with van der Waals surface area (Å²) in [6.45, 7) is 6.44. The zero-order valence-electron chi connectivity index (χ0n) is 18.9. The summed E-state index contributed by atoms with van der Waals surface area (Å²) in [6.07, 6.45) is 0. The summed E-state index contributed by atoms with van der Waals surface area (Å²) in [5, 5.41) is 4.54. The molecule has 5 rings (SSSR count). The molecule has 0 saturated heterocycles. The number of fused-ring (bicyclic) bond motifs is 2. The van der Waals surface area contributed by atoms with Crippen molar-refractivity contribution in [1.29, 1.82) is 0 Å². The minimum atomic E-state index is -0.414. The molecule has 5 nitrogen and oxygen atoms in total. The van der Waals surface area contributed by atoms with E-state index in [1.165, 1.54) is 11.6 Å². The van der Waals surface area contributed by atoms with Crippen LogP contribution in [0, 0.1) is 0 Å². The van der Waals surface area contributed by atoms with Crippen LogP contribution in [0.15, 0.2) is 86.4 Å². The van der Waals surface area contributed by atoms with Crippen molar-refractivity contribution in [2.24, 2.45) is 0 Å². The molecule has 0 atom stereocenters. The summed E-state index contributed by atoms with van der Waals surface area (Å²) in [5.41, 5.74) is 3.32. The van der Waals surface area contributed by atoms with Gasteiger partial charge in [0, 0.05) is 33.8 Å². The van der Waals surface area contributed by atoms with E-state index in [9.17, 15) is 9.59 Å². The molecule has 0 radical (unpaired) electrons. The Morgan fingerprint density at radius 3 is 2.35 bits per heavy atom. The second-order valence-electron chi connectivity index (χ2n) is 9.26. The number of anilines is 1. The van der Waals surface area contributed by atoms with Gasteiger partial charge in [-0.3, -0.25) is 9.59 Å². The van der Waals surface area contributed by atoms with E-state index in [1.807, 2.05) is 24.3 Å². The summed E-state index contributed by atoms with van der Waals surface area (Å²) >= 11 is 6.01. The number of amides is 1. The highest BCUT2D eigenvalue weighted by Gasteiger charge is 2.16. The predicted octanol–water partition coefficient (Wildman–Crippen LogP) is 7.41. The van der Waals surface area contributed by atoms with E-state index in [2.05, 4.69) is 26.1 Å². The standard InChI is InChI=1S/C28H22ClNO4/c1-28(2,3)18-6-4-16(5-7-18)24-15-22(31)21-10-9-20(14-25(21)34-24)30-27(32)26-13-17-12-19(29)8-11-23(17)33-26/h4-15H,1-3H3,(H,30,32). The Kier molecular flexibility index (Phi) is 5.29. The van der Waals surface area contributed by atoms with Crippen molar-refractivity contribution < 1.29 is 13.6 Å². The van der Waals surface area contributed by atoms with Crippen LogP contribution < -0.4 is 10.7 Å². The van der Waals surface area contributed by atoms with Crippen LogP contribution >= 0.6 is 11.6 Å². The SMILES string of the molecule is CC(C)(C)c1ccc(-c2cc(=O)c3ccc(NC(=O)c4cc5cc(Cl)ccc5o4)cc3o2)cc1. The fourth-order valence-electron chi connectivity index (χ4n) is 3.83. The summed E-state index contributed by atoms with van der Waals surface area (Å²) in [7, 11) is 0. The first-order chi connectivity index (χ1) is 16.2. The molecule has 6 heteroatoms. The van der Waals surface area contributed by atoms with Crippen LogP contribution in [0.2, 0.25) is 5.02 Å². The molecule has 0 saturated carbocycles. The highest BCUT2D eigenvalue weighted by Crippen LogP contribution is 2.28. The van der Waals surface area contributed by atoms with Gasteiger partial charge in [0.15, 0.2) is 11.2 Å². The van der Waals surface area contributed by atoms with Gasteiger partial charge in [-0.05, 0) is 47.4 Å². The molecule has 0 fully saturated rings. The first-order valence-corrected chi connectivity index (χ1v) is 11.2. The van der Waals surface area contributed by atoms with Crippen LogP contribution in [0.3, 0.4) is 0 Å². The summed E-state index contributed by atoms with van der Waals surface area (Å²) in [5.74, 6) is 0.213. The van der Waals surface area contributed by atoms with Gasteiger partial charge < -0.3 is 14.2 Å². The number of furan rings is 1. The van der Waals surface area contributed by atoms with Crippen LogP contribution in [0.25, 0.3) is 33.3 Å². The Bertz CT molecular complexity index is 1600. The predicted molar refractivity (Wildman–Crippen MR) is 136 cm³/mol. The molecule has 0 unspecified atom stereocenters. The average molecular weight is 472 g/mol. The number of carbonyl (C=O) groups excluding carboxylic acids is 1. The van der Waals surface area contributed by atoms with Crippen molar-refractivity contribution in [2.45, 2.75) is 26.2 Å². The first kappa shape index (κ1) is 22.0. The summed E-state index contributed by atoms with van der Waals surface area (Å²) < 4.78 is 11.7. The maximum atomic E-state index is 12.7. The van der Waals surface area contributed by atoms with Crippen molar-refractivity contribution >= 4 is 45.1 Å². The fourth-order valence-corrected chi connectivity index (χ4v) is 4.01. The van der Waals surface area contributed by atoms with Gasteiger partial charge >= 0.3 is 0 Å². The molecule has 2 aromatic heterocycles. The van der Waals surface area contributed by atoms with Gasteiger partial charge in [-0.2, -0.15) is 0 Å². The second-order valence-corrected chi connectivity index (χ2v) is 9.70. The number of halogens is 1. The Hall–Kier alpha value is -3.83. The Morgan fingerprint density at radius 1 is 0.853 bits per heavy atom. The maximum absolute atomic E-state index is 12.7. The number of carbonyl (C=O) groups is 1. The zero-order chi connectivity index (χ0) is 24.0. The van der Waals surface area contributed by atoms with Crippen LogP contribution in [-0.4, -0.2) is 5.91 Å². The van der Waals surface area contributed by atoms with Crippen LogP contribution in [0.1, 0.15) is 36.9 Å². The normalized spacial score (nSPS) is 11.8. The molecule has 1 amide bonds. The molecular weight excluding hydrogens is 450 g/mol. The zero-order valence-corrected chi connectivity index (χ0v) is 19.7. The lowest BCUT2D eigenvalue weighted by Crippen LogP contribution is -2.11. The third-order valence-corrected chi connectivity index (χ3v) is 5.96. The van der Waals surface area contributed by atoms with Gasteiger partial charge in [0.2, 0.25) is 0 Å². The van der Waals surface area contributed by atoms with Crippen LogP contribution in [-0.2, 0) is 5.41 Å². The van der Waals surface area contributed by atoms with Crippen LogP contribution in [0.5, 0.6) is 0 Å². The molecule has 170 valence electrons. The molecule has 0 aliphatic rings.